The van der Waals surface area contributed by atoms with Gasteiger partial charge in [-0.25, -0.2) is 4.68 Å². The third-order valence-electron chi connectivity index (χ3n) is 6.25. The van der Waals surface area contributed by atoms with Crippen molar-refractivity contribution in [2.45, 2.75) is 58.0 Å². The number of carbonyl (C=O) groups is 1. The van der Waals surface area contributed by atoms with Crippen LogP contribution < -0.4 is 5.32 Å². The van der Waals surface area contributed by atoms with E-state index >= 15 is 0 Å². The molecule has 0 saturated carbocycles. The van der Waals surface area contributed by atoms with E-state index < -0.39 is 0 Å². The minimum Gasteiger partial charge on any atom is -0.334 e. The normalized spacial score (nSPS) is 23.7. The Balaban J connectivity index is 1.53. The maximum atomic E-state index is 13.2. The highest BCUT2D eigenvalue weighted by molar-refractivity contribution is 5.93. The molecule has 1 N–H and O–H groups in total. The van der Waals surface area contributed by atoms with Gasteiger partial charge in [-0.3, -0.25) is 4.79 Å². The minimum absolute atomic E-state index is 0.0243. The molecule has 27 heavy (non-hydrogen) atoms. The lowest BCUT2D eigenvalue weighted by molar-refractivity contribution is 0.0739. The van der Waals surface area contributed by atoms with Crippen molar-refractivity contribution in [3.63, 3.8) is 0 Å². The number of hydrogen-bond donors (Lipinski definition) is 1. The van der Waals surface area contributed by atoms with Crippen molar-refractivity contribution in [3.05, 3.63) is 46.8 Å². The van der Waals surface area contributed by atoms with Gasteiger partial charge >= 0.3 is 0 Å². The zero-order valence-electron chi connectivity index (χ0n) is 16.5. The average Bonchev–Trinajstić information content (AvgIpc) is 3.25. The van der Waals surface area contributed by atoms with Crippen LogP contribution in [-0.2, 0) is 0 Å². The molecule has 2 aliphatic heterocycles. The predicted octanol–water partition coefficient (Wildman–Crippen LogP) is 2.84. The van der Waals surface area contributed by atoms with Crippen LogP contribution in [0.25, 0.3) is 0 Å². The summed E-state index contributed by atoms with van der Waals surface area (Å²) in [6.07, 6.45) is 3.07. The van der Waals surface area contributed by atoms with E-state index in [0.29, 0.717) is 17.7 Å². The van der Waals surface area contributed by atoms with E-state index in [9.17, 15) is 4.79 Å². The van der Waals surface area contributed by atoms with Crippen LogP contribution in [0.15, 0.2) is 24.3 Å². The lowest BCUT2D eigenvalue weighted by Gasteiger charge is -2.24. The van der Waals surface area contributed by atoms with Crippen molar-refractivity contribution in [1.29, 1.82) is 0 Å². The Morgan fingerprint density at radius 1 is 1.19 bits per heavy atom. The first kappa shape index (κ1) is 18.2. The van der Waals surface area contributed by atoms with Crippen molar-refractivity contribution in [2.75, 3.05) is 19.6 Å². The smallest absolute Gasteiger partial charge is 0.276 e. The molecule has 1 amide bonds. The summed E-state index contributed by atoms with van der Waals surface area (Å²) < 4.78 is 1.97. The lowest BCUT2D eigenvalue weighted by Crippen LogP contribution is -2.35. The van der Waals surface area contributed by atoms with Crippen molar-refractivity contribution < 1.29 is 4.79 Å². The van der Waals surface area contributed by atoms with Gasteiger partial charge in [0.15, 0.2) is 5.69 Å². The van der Waals surface area contributed by atoms with Gasteiger partial charge < -0.3 is 10.2 Å². The fourth-order valence-electron chi connectivity index (χ4n) is 4.66. The molecule has 3 heterocycles. The van der Waals surface area contributed by atoms with Crippen LogP contribution in [0.1, 0.15) is 65.5 Å². The summed E-state index contributed by atoms with van der Waals surface area (Å²) in [5.74, 6) is 0.418. The van der Waals surface area contributed by atoms with Gasteiger partial charge in [-0.15, -0.1) is 5.10 Å². The van der Waals surface area contributed by atoms with Crippen LogP contribution in [0.5, 0.6) is 0 Å². The molecule has 4 rings (SSSR count). The Hall–Kier alpha value is -2.21. The number of nitrogens with one attached hydrogen (secondary N) is 1. The summed E-state index contributed by atoms with van der Waals surface area (Å²) in [5.41, 5.74) is 4.08. The molecule has 1 aromatic carbocycles. The second-order valence-electron chi connectivity index (χ2n) is 8.04. The fourth-order valence-corrected chi connectivity index (χ4v) is 4.66. The van der Waals surface area contributed by atoms with E-state index in [4.69, 9.17) is 0 Å². The molecule has 0 bridgehead atoms. The lowest BCUT2D eigenvalue weighted by atomic mass is 9.93. The second-order valence-corrected chi connectivity index (χ2v) is 8.04. The van der Waals surface area contributed by atoms with Crippen molar-refractivity contribution in [3.8, 4) is 0 Å². The van der Waals surface area contributed by atoms with E-state index in [-0.39, 0.29) is 11.9 Å². The molecule has 0 spiro atoms. The van der Waals surface area contributed by atoms with Crippen LogP contribution in [0, 0.1) is 13.8 Å². The molecule has 2 unspecified atom stereocenters. The molecule has 2 aliphatic rings. The Kier molecular flexibility index (Phi) is 5.00. The molecule has 6 heteroatoms. The number of hydrogen-bond acceptors (Lipinski definition) is 4. The standard InChI is InChI=1S/C21H29N5O/c1-14-6-4-5-7-19(14)17-12-15(2)25(13-17)21(27)20-16(3)26(24-23-20)18-8-10-22-11-9-18/h4-7,15,17-18,22H,8-13H2,1-3H3. The Morgan fingerprint density at radius 3 is 2.67 bits per heavy atom. The molecule has 144 valence electrons. The number of amides is 1. The maximum Gasteiger partial charge on any atom is 0.276 e. The van der Waals surface area contributed by atoms with Gasteiger partial charge in [0.2, 0.25) is 0 Å². The zero-order valence-corrected chi connectivity index (χ0v) is 16.5. The van der Waals surface area contributed by atoms with Gasteiger partial charge in [-0.05, 0) is 64.3 Å². The molecule has 0 radical (unpaired) electrons. The highest BCUT2D eigenvalue weighted by atomic mass is 16.2. The molecule has 6 nitrogen and oxygen atoms in total. The zero-order chi connectivity index (χ0) is 19.0. The van der Waals surface area contributed by atoms with Crippen molar-refractivity contribution in [1.82, 2.24) is 25.2 Å². The highest BCUT2D eigenvalue weighted by Crippen LogP contribution is 2.34. The van der Waals surface area contributed by atoms with Gasteiger partial charge in [0.05, 0.1) is 11.7 Å². The van der Waals surface area contributed by atoms with E-state index in [1.807, 2.05) is 16.5 Å². The summed E-state index contributed by atoms with van der Waals surface area (Å²) in [7, 11) is 0. The number of carbonyl (C=O) groups excluding carboxylic acids is 1. The van der Waals surface area contributed by atoms with Crippen LogP contribution in [0.3, 0.4) is 0 Å². The molecule has 2 aromatic rings. The summed E-state index contributed by atoms with van der Waals surface area (Å²) in [4.78, 5) is 15.2. The summed E-state index contributed by atoms with van der Waals surface area (Å²) in [5, 5.41) is 12.0. The minimum atomic E-state index is 0.0243. The van der Waals surface area contributed by atoms with Gasteiger partial charge in [-0.1, -0.05) is 29.5 Å². The molecular formula is C21H29N5O. The number of nitrogens with zero attached hydrogens (tertiary/aromatic N) is 4. The first-order valence-corrected chi connectivity index (χ1v) is 10.0. The largest absolute Gasteiger partial charge is 0.334 e. The van der Waals surface area contributed by atoms with Gasteiger partial charge in [0.1, 0.15) is 0 Å². The second kappa shape index (κ2) is 7.43. The first-order valence-electron chi connectivity index (χ1n) is 10.0. The third-order valence-corrected chi connectivity index (χ3v) is 6.25. The number of rotatable bonds is 3. The third kappa shape index (κ3) is 3.38. The van der Waals surface area contributed by atoms with Crippen molar-refractivity contribution >= 4 is 5.91 Å². The number of piperidine rings is 1. The van der Waals surface area contributed by atoms with Crippen LogP contribution >= 0.6 is 0 Å². The number of likely N-dealkylation sites (tertiary alicyclic amines) is 1. The van der Waals surface area contributed by atoms with E-state index in [1.54, 1.807) is 0 Å². The molecule has 2 atom stereocenters. The van der Waals surface area contributed by atoms with Crippen LogP contribution in [0.2, 0.25) is 0 Å². The predicted molar refractivity (Wildman–Crippen MR) is 105 cm³/mol. The molecule has 0 aliphatic carbocycles. The summed E-state index contributed by atoms with van der Waals surface area (Å²) in [6, 6.07) is 9.06. The average molecular weight is 367 g/mol. The topological polar surface area (TPSA) is 63.1 Å². The number of benzene rings is 1. The Labute approximate surface area is 160 Å². The first-order chi connectivity index (χ1) is 13.1. The highest BCUT2D eigenvalue weighted by Gasteiger charge is 2.36. The van der Waals surface area contributed by atoms with E-state index in [0.717, 1.165) is 44.6 Å². The molecule has 2 saturated heterocycles. The summed E-state index contributed by atoms with van der Waals surface area (Å²) >= 11 is 0. The fraction of sp³-hybridized carbons (Fsp3) is 0.571. The quantitative estimate of drug-likeness (QED) is 0.906. The molecular weight excluding hydrogens is 338 g/mol. The van der Waals surface area contributed by atoms with Gasteiger partial charge in [-0.2, -0.15) is 0 Å². The van der Waals surface area contributed by atoms with Crippen molar-refractivity contribution in [2.24, 2.45) is 0 Å². The van der Waals surface area contributed by atoms with Crippen LogP contribution in [-0.4, -0.2) is 51.5 Å². The van der Waals surface area contributed by atoms with Crippen LogP contribution in [0.4, 0.5) is 0 Å². The number of aromatic nitrogens is 3. The monoisotopic (exact) mass is 367 g/mol. The summed E-state index contributed by atoms with van der Waals surface area (Å²) in [6.45, 7) is 9.02. The van der Waals surface area contributed by atoms with E-state index in [1.165, 1.54) is 11.1 Å². The Morgan fingerprint density at radius 2 is 1.93 bits per heavy atom. The maximum absolute atomic E-state index is 13.2. The number of aryl methyl sites for hydroxylation is 1. The molecule has 2 fully saturated rings. The van der Waals surface area contributed by atoms with E-state index in [2.05, 4.69) is 53.7 Å². The Bertz CT molecular complexity index is 824. The van der Waals surface area contributed by atoms with Gasteiger partial charge in [0, 0.05) is 18.5 Å². The molecule has 1 aromatic heterocycles. The van der Waals surface area contributed by atoms with Gasteiger partial charge in [0.25, 0.3) is 5.91 Å². The SMILES string of the molecule is Cc1ccccc1C1CC(C)N(C(=O)c2nnn(C3CCNCC3)c2C)C1.